The van der Waals surface area contributed by atoms with Crippen LogP contribution in [0, 0.1) is 5.41 Å². The Balaban J connectivity index is 0.985. The summed E-state index contributed by atoms with van der Waals surface area (Å²) in [5.41, 5.74) is 4.57. The summed E-state index contributed by atoms with van der Waals surface area (Å²) in [4.78, 5) is 12.5. The molecular formula is C35H41N11O5S. The quantitative estimate of drug-likeness (QED) is 0.102. The lowest BCUT2D eigenvalue weighted by Gasteiger charge is -2.26. The molecule has 0 radical (unpaired) electrons. The monoisotopic (exact) mass is 727 g/mol. The number of benzene rings is 2. The first-order valence-electron chi connectivity index (χ1n) is 16.6. The molecule has 17 heteroatoms. The standard InChI is InChI=1S/C35H41N11O5S/c1-35(2,22-38-33-26(23-12-8-13-23)16-31-41-42-34(46(31)43-33)24-10-6-5-7-11-24)21-37-15-9-14-25-19-45(44-40-25)20-32(47)39-27-17-29(51-4)30(52(36,48)49)18-28(27)50-3/h5-8,10-13,16-19,37H,9,14-15,20-22H2,1-4H3,(H,38,43)(H,39,47)(H2,36,48,49). The molecule has 3 heterocycles. The summed E-state index contributed by atoms with van der Waals surface area (Å²) >= 11 is 0. The molecule has 16 nitrogen and oxygen atoms in total. The second-order valence-corrected chi connectivity index (χ2v) is 14.6. The molecule has 5 N–H and O–H groups in total. The smallest absolute Gasteiger partial charge is 0.246 e. The first-order chi connectivity index (χ1) is 24.9. The molecule has 2 aromatic carbocycles. The highest BCUT2D eigenvalue weighted by atomic mass is 32.2. The summed E-state index contributed by atoms with van der Waals surface area (Å²) in [6.45, 7) is 6.48. The number of ether oxygens (including phenoxy) is 2. The highest BCUT2D eigenvalue weighted by Gasteiger charge is 2.23. The lowest BCUT2D eigenvalue weighted by Crippen LogP contribution is -2.36. The minimum absolute atomic E-state index is 0.0246. The zero-order chi connectivity index (χ0) is 36.9. The Morgan fingerprint density at radius 3 is 2.46 bits per heavy atom. The second-order valence-electron chi connectivity index (χ2n) is 13.0. The highest BCUT2D eigenvalue weighted by molar-refractivity contribution is 7.89. The first kappa shape index (κ1) is 36.2. The van der Waals surface area contributed by atoms with Gasteiger partial charge in [0.2, 0.25) is 15.9 Å². The van der Waals surface area contributed by atoms with Gasteiger partial charge in [-0.15, -0.1) is 20.4 Å². The number of aryl methyl sites for hydroxylation is 1. The number of amides is 1. The van der Waals surface area contributed by atoms with Crippen molar-refractivity contribution in [2.45, 2.75) is 38.1 Å². The van der Waals surface area contributed by atoms with Crippen molar-refractivity contribution in [3.05, 3.63) is 84.2 Å². The molecule has 0 atom stereocenters. The molecule has 1 aliphatic carbocycles. The summed E-state index contributed by atoms with van der Waals surface area (Å²) < 4.78 is 37.5. The zero-order valence-electron chi connectivity index (χ0n) is 29.3. The van der Waals surface area contributed by atoms with Crippen LogP contribution in [0.1, 0.15) is 31.5 Å². The Hall–Kier alpha value is -5.65. The topological polar surface area (TPSA) is 206 Å². The van der Waals surface area contributed by atoms with E-state index >= 15 is 0 Å². The summed E-state index contributed by atoms with van der Waals surface area (Å²) in [6.07, 6.45) is 9.34. The molecule has 1 aliphatic rings. The average molecular weight is 728 g/mol. The van der Waals surface area contributed by atoms with E-state index in [-0.39, 0.29) is 34.0 Å². The molecule has 52 heavy (non-hydrogen) atoms. The highest BCUT2D eigenvalue weighted by Crippen LogP contribution is 2.35. The van der Waals surface area contributed by atoms with E-state index in [0.29, 0.717) is 24.4 Å². The third-order valence-electron chi connectivity index (χ3n) is 8.37. The van der Waals surface area contributed by atoms with Crippen LogP contribution >= 0.6 is 0 Å². The second kappa shape index (κ2) is 15.3. The van der Waals surface area contributed by atoms with Gasteiger partial charge in [-0.25, -0.2) is 18.2 Å². The molecule has 5 aromatic rings. The number of carbonyl (C=O) groups excluding carboxylic acids is 1. The predicted molar refractivity (Wildman–Crippen MR) is 196 cm³/mol. The third-order valence-corrected chi connectivity index (χ3v) is 9.30. The number of hydrogen-bond acceptors (Lipinski definition) is 12. The summed E-state index contributed by atoms with van der Waals surface area (Å²) in [5, 5.41) is 37.1. The van der Waals surface area contributed by atoms with Crippen molar-refractivity contribution < 1.29 is 22.7 Å². The van der Waals surface area contributed by atoms with E-state index in [2.05, 4.69) is 62.5 Å². The largest absolute Gasteiger partial charge is 0.495 e. The fourth-order valence-electron chi connectivity index (χ4n) is 5.59. The van der Waals surface area contributed by atoms with Crippen LogP contribution in [0.3, 0.4) is 0 Å². The number of fused-ring (bicyclic) bond motifs is 1. The number of rotatable bonds is 17. The maximum Gasteiger partial charge on any atom is 0.246 e. The summed E-state index contributed by atoms with van der Waals surface area (Å²) in [7, 11) is -1.42. The molecule has 1 amide bonds. The van der Waals surface area contributed by atoms with Gasteiger partial charge in [-0.2, -0.15) is 4.52 Å². The van der Waals surface area contributed by atoms with Crippen LogP contribution in [0.4, 0.5) is 11.5 Å². The molecule has 0 saturated heterocycles. The van der Waals surface area contributed by atoms with Crippen molar-refractivity contribution in [1.29, 1.82) is 0 Å². The SMILES string of the molecule is COc1cc(S(N)(=O)=O)c(OC)cc1NC(=O)Cn1cc(CCCNCC(C)(C)CNc2nn3c(-c4ccccc4)nnc3cc2C2=CC=C2)nn1. The van der Waals surface area contributed by atoms with Gasteiger partial charge in [-0.05, 0) is 36.4 Å². The number of methoxy groups -OCH3 is 2. The van der Waals surface area contributed by atoms with Crippen LogP contribution in [-0.2, 0) is 27.8 Å². The zero-order valence-corrected chi connectivity index (χ0v) is 30.1. The molecule has 0 bridgehead atoms. The Labute approximate surface area is 301 Å². The molecule has 0 unspecified atom stereocenters. The van der Waals surface area contributed by atoms with Crippen molar-refractivity contribution in [2.75, 3.05) is 44.5 Å². The molecule has 0 saturated carbocycles. The van der Waals surface area contributed by atoms with Gasteiger partial charge in [0.1, 0.15) is 22.9 Å². The van der Waals surface area contributed by atoms with Crippen molar-refractivity contribution >= 4 is 38.7 Å². The Bertz CT molecular complexity index is 2250. The maximum atomic E-state index is 12.8. The van der Waals surface area contributed by atoms with Crippen molar-refractivity contribution in [1.82, 2.24) is 40.1 Å². The Morgan fingerprint density at radius 1 is 1.00 bits per heavy atom. The normalized spacial score (nSPS) is 12.8. The van der Waals surface area contributed by atoms with E-state index in [4.69, 9.17) is 19.7 Å². The molecule has 0 fully saturated rings. The van der Waals surface area contributed by atoms with Crippen molar-refractivity contribution in [2.24, 2.45) is 10.6 Å². The van der Waals surface area contributed by atoms with E-state index in [1.165, 1.54) is 31.0 Å². The lowest BCUT2D eigenvalue weighted by molar-refractivity contribution is -0.116. The number of allylic oxidation sites excluding steroid dienone is 4. The molecule has 0 aliphatic heterocycles. The van der Waals surface area contributed by atoms with Gasteiger partial charge in [0, 0.05) is 42.5 Å². The molecular weight excluding hydrogens is 687 g/mol. The number of nitrogens with one attached hydrogen (secondary N) is 3. The number of carbonyl (C=O) groups is 1. The van der Waals surface area contributed by atoms with Crippen molar-refractivity contribution in [3.8, 4) is 22.9 Å². The number of primary sulfonamides is 1. The minimum Gasteiger partial charge on any atom is -0.495 e. The Kier molecular flexibility index (Phi) is 10.6. The van der Waals surface area contributed by atoms with Gasteiger partial charge in [0.25, 0.3) is 0 Å². The van der Waals surface area contributed by atoms with Gasteiger partial charge in [0.15, 0.2) is 17.3 Å². The first-order valence-corrected chi connectivity index (χ1v) is 18.1. The fraction of sp³-hybridized carbons (Fsp3) is 0.314. The van der Waals surface area contributed by atoms with Crippen LogP contribution in [-0.4, -0.2) is 83.0 Å². The number of anilines is 2. The van der Waals surface area contributed by atoms with Gasteiger partial charge in [-0.3, -0.25) is 4.79 Å². The van der Waals surface area contributed by atoms with Gasteiger partial charge in [-0.1, -0.05) is 67.6 Å². The van der Waals surface area contributed by atoms with Gasteiger partial charge >= 0.3 is 0 Å². The average Bonchev–Trinajstić information content (AvgIpc) is 3.72. The van der Waals surface area contributed by atoms with Crippen LogP contribution in [0.25, 0.3) is 22.6 Å². The molecule has 0 spiro atoms. The minimum atomic E-state index is -4.08. The fourth-order valence-corrected chi connectivity index (χ4v) is 6.28. The summed E-state index contributed by atoms with van der Waals surface area (Å²) in [5.74, 6) is 1.12. The number of aromatic nitrogens is 7. The van der Waals surface area contributed by atoms with Crippen molar-refractivity contribution in [3.63, 3.8) is 0 Å². The van der Waals surface area contributed by atoms with Crippen LogP contribution in [0.2, 0.25) is 0 Å². The maximum absolute atomic E-state index is 12.8. The third kappa shape index (κ3) is 8.44. The predicted octanol–water partition coefficient (Wildman–Crippen LogP) is 3.30. The van der Waals surface area contributed by atoms with E-state index in [1.807, 2.05) is 42.5 Å². The van der Waals surface area contributed by atoms with Gasteiger partial charge < -0.3 is 25.4 Å². The number of hydrogen-bond donors (Lipinski definition) is 4. The van der Waals surface area contributed by atoms with Crippen LogP contribution in [0.15, 0.2) is 77.9 Å². The summed E-state index contributed by atoms with van der Waals surface area (Å²) in [6, 6.07) is 14.4. The van der Waals surface area contributed by atoms with E-state index in [0.717, 1.165) is 47.7 Å². The van der Waals surface area contributed by atoms with E-state index in [1.54, 1.807) is 10.7 Å². The molecule has 6 rings (SSSR count). The number of nitrogens with two attached hydrogens (primary N) is 1. The van der Waals surface area contributed by atoms with E-state index in [9.17, 15) is 13.2 Å². The van der Waals surface area contributed by atoms with Crippen LogP contribution in [0.5, 0.6) is 11.5 Å². The van der Waals surface area contributed by atoms with Gasteiger partial charge in [0.05, 0.1) is 25.6 Å². The lowest BCUT2D eigenvalue weighted by atomic mass is 9.93. The Morgan fingerprint density at radius 2 is 1.77 bits per heavy atom. The molecule has 3 aromatic heterocycles. The number of sulfonamides is 1. The van der Waals surface area contributed by atoms with E-state index < -0.39 is 15.9 Å². The van der Waals surface area contributed by atoms with Crippen LogP contribution < -0.4 is 30.6 Å². The molecule has 272 valence electrons. The number of nitrogens with zero attached hydrogens (tertiary/aromatic N) is 7.